The van der Waals surface area contributed by atoms with E-state index < -0.39 is 0 Å². The number of likely N-dealkylation sites (tertiary alicyclic amines) is 1. The fourth-order valence-corrected chi connectivity index (χ4v) is 4.15. The van der Waals surface area contributed by atoms with Crippen LogP contribution in [-0.2, 0) is 6.42 Å². The van der Waals surface area contributed by atoms with Gasteiger partial charge in [0.2, 0.25) is 0 Å². The van der Waals surface area contributed by atoms with Crippen LogP contribution in [0.15, 0.2) is 22.7 Å². The highest BCUT2D eigenvalue weighted by atomic mass is 79.9. The maximum atomic E-state index is 3.91. The molecule has 0 aromatic heterocycles. The van der Waals surface area contributed by atoms with E-state index in [4.69, 9.17) is 0 Å². The van der Waals surface area contributed by atoms with Crippen molar-refractivity contribution < 1.29 is 0 Å². The van der Waals surface area contributed by atoms with Gasteiger partial charge in [-0.15, -0.1) is 0 Å². The third kappa shape index (κ3) is 2.48. The summed E-state index contributed by atoms with van der Waals surface area (Å²) in [6.45, 7) is 2.58. The van der Waals surface area contributed by atoms with Gasteiger partial charge < -0.3 is 5.32 Å². The highest BCUT2D eigenvalue weighted by molar-refractivity contribution is 9.10. The van der Waals surface area contributed by atoms with Gasteiger partial charge in [-0.2, -0.15) is 0 Å². The Bertz CT molecular complexity index is 484. The van der Waals surface area contributed by atoms with E-state index in [-0.39, 0.29) is 0 Å². The zero-order valence-electron chi connectivity index (χ0n) is 11.2. The van der Waals surface area contributed by atoms with Gasteiger partial charge in [-0.05, 0) is 55.4 Å². The summed E-state index contributed by atoms with van der Waals surface area (Å²) in [6.07, 6.45) is 6.70. The summed E-state index contributed by atoms with van der Waals surface area (Å²) in [5, 5.41) is 3.91. The first kappa shape index (κ1) is 12.4. The van der Waals surface area contributed by atoms with E-state index in [9.17, 15) is 0 Å². The molecule has 0 amide bonds. The summed E-state index contributed by atoms with van der Waals surface area (Å²) in [5.74, 6) is 0. The average Bonchev–Trinajstić information content (AvgIpc) is 3.03. The van der Waals surface area contributed by atoms with Crippen LogP contribution in [0.1, 0.15) is 42.9 Å². The highest BCUT2D eigenvalue weighted by Gasteiger charge is 2.35. The van der Waals surface area contributed by atoms with Crippen LogP contribution in [0, 0.1) is 0 Å². The monoisotopic (exact) mass is 320 g/mol. The van der Waals surface area contributed by atoms with Crippen molar-refractivity contribution in [2.24, 2.45) is 0 Å². The lowest BCUT2D eigenvalue weighted by molar-refractivity contribution is 0.312. The first-order chi connectivity index (χ1) is 9.29. The van der Waals surface area contributed by atoms with Crippen molar-refractivity contribution in [1.82, 2.24) is 10.2 Å². The second kappa shape index (κ2) is 4.87. The van der Waals surface area contributed by atoms with Gasteiger partial charge in [0.1, 0.15) is 0 Å². The Morgan fingerprint density at radius 3 is 2.89 bits per heavy atom. The molecule has 4 rings (SSSR count). The molecule has 3 aliphatic rings. The average molecular weight is 321 g/mol. The van der Waals surface area contributed by atoms with E-state index in [0.717, 1.165) is 6.04 Å². The van der Waals surface area contributed by atoms with E-state index in [1.54, 1.807) is 0 Å². The second-order valence-corrected chi connectivity index (χ2v) is 7.23. The fraction of sp³-hybridized carbons (Fsp3) is 0.625. The van der Waals surface area contributed by atoms with Gasteiger partial charge in [0, 0.05) is 35.7 Å². The third-order valence-electron chi connectivity index (χ3n) is 4.90. The molecule has 1 aromatic rings. The van der Waals surface area contributed by atoms with Crippen LogP contribution in [0.5, 0.6) is 0 Å². The summed E-state index contributed by atoms with van der Waals surface area (Å²) < 4.78 is 1.22. The van der Waals surface area contributed by atoms with Gasteiger partial charge in [-0.25, -0.2) is 0 Å². The Labute approximate surface area is 123 Å². The van der Waals surface area contributed by atoms with Crippen molar-refractivity contribution in [3.8, 4) is 0 Å². The van der Waals surface area contributed by atoms with Crippen molar-refractivity contribution >= 4 is 15.9 Å². The Morgan fingerprint density at radius 1 is 1.16 bits per heavy atom. The van der Waals surface area contributed by atoms with E-state index in [1.807, 2.05) is 0 Å². The van der Waals surface area contributed by atoms with Gasteiger partial charge in [0.05, 0.1) is 0 Å². The Morgan fingerprint density at radius 2 is 2.05 bits per heavy atom. The van der Waals surface area contributed by atoms with Crippen LogP contribution >= 0.6 is 15.9 Å². The van der Waals surface area contributed by atoms with Crippen molar-refractivity contribution in [1.29, 1.82) is 0 Å². The number of hydrogen-bond acceptors (Lipinski definition) is 2. The normalized spacial score (nSPS) is 30.8. The summed E-state index contributed by atoms with van der Waals surface area (Å²) in [5.41, 5.74) is 3.07. The molecule has 3 heteroatoms. The van der Waals surface area contributed by atoms with Gasteiger partial charge in [0.25, 0.3) is 0 Å². The maximum Gasteiger partial charge on any atom is 0.0329 e. The van der Waals surface area contributed by atoms with Gasteiger partial charge in [-0.3, -0.25) is 4.90 Å². The molecule has 0 radical (unpaired) electrons. The Hall–Kier alpha value is -0.380. The second-order valence-electron chi connectivity index (χ2n) is 6.31. The molecule has 0 bridgehead atoms. The van der Waals surface area contributed by atoms with Crippen molar-refractivity contribution in [2.45, 2.75) is 50.2 Å². The molecule has 1 saturated carbocycles. The lowest BCUT2D eigenvalue weighted by Gasteiger charge is -2.21. The van der Waals surface area contributed by atoms with Crippen LogP contribution in [0.3, 0.4) is 0 Å². The quantitative estimate of drug-likeness (QED) is 0.919. The summed E-state index contributed by atoms with van der Waals surface area (Å²) >= 11 is 3.58. The van der Waals surface area contributed by atoms with Crippen LogP contribution in [0.25, 0.3) is 0 Å². The number of halogens is 1. The standard InChI is InChI=1S/C16H21BrN2/c17-12-2-5-15-11(9-12)1-6-16(15)18-13-7-8-19(10-13)14-3-4-14/h2,5,9,13-14,16,18H,1,3-4,6-8,10H2. The van der Waals surface area contributed by atoms with E-state index in [2.05, 4.69) is 44.3 Å². The number of aryl methyl sites for hydroxylation is 1. The number of rotatable bonds is 3. The summed E-state index contributed by atoms with van der Waals surface area (Å²) in [7, 11) is 0. The molecule has 2 fully saturated rings. The first-order valence-electron chi connectivity index (χ1n) is 7.58. The topological polar surface area (TPSA) is 15.3 Å². The van der Waals surface area contributed by atoms with Gasteiger partial charge in [0.15, 0.2) is 0 Å². The molecule has 2 nitrogen and oxygen atoms in total. The summed E-state index contributed by atoms with van der Waals surface area (Å²) in [6, 6.07) is 9.01. The van der Waals surface area contributed by atoms with Crippen LogP contribution in [0.4, 0.5) is 0 Å². The number of fused-ring (bicyclic) bond motifs is 1. The lowest BCUT2D eigenvalue weighted by Crippen LogP contribution is -2.35. The maximum absolute atomic E-state index is 3.91. The zero-order valence-corrected chi connectivity index (χ0v) is 12.8. The molecule has 0 spiro atoms. The number of hydrogen-bond donors (Lipinski definition) is 1. The number of nitrogens with zero attached hydrogens (tertiary/aromatic N) is 1. The molecule has 1 aliphatic heterocycles. The minimum atomic E-state index is 0.590. The zero-order chi connectivity index (χ0) is 12.8. The van der Waals surface area contributed by atoms with Crippen LogP contribution in [-0.4, -0.2) is 30.1 Å². The largest absolute Gasteiger partial charge is 0.306 e. The Kier molecular flexibility index (Phi) is 3.17. The van der Waals surface area contributed by atoms with E-state index >= 15 is 0 Å². The minimum absolute atomic E-state index is 0.590. The summed E-state index contributed by atoms with van der Waals surface area (Å²) in [4.78, 5) is 2.69. The van der Waals surface area contributed by atoms with Gasteiger partial charge in [-0.1, -0.05) is 22.0 Å². The minimum Gasteiger partial charge on any atom is -0.306 e. The molecule has 19 heavy (non-hydrogen) atoms. The molecule has 102 valence electrons. The third-order valence-corrected chi connectivity index (χ3v) is 5.40. The molecule has 1 saturated heterocycles. The van der Waals surface area contributed by atoms with E-state index in [0.29, 0.717) is 12.1 Å². The molecule has 1 aromatic carbocycles. The first-order valence-corrected chi connectivity index (χ1v) is 8.37. The molecule has 2 atom stereocenters. The van der Waals surface area contributed by atoms with Crippen LogP contribution < -0.4 is 5.32 Å². The smallest absolute Gasteiger partial charge is 0.0329 e. The van der Waals surface area contributed by atoms with Crippen LogP contribution in [0.2, 0.25) is 0 Å². The van der Waals surface area contributed by atoms with Crippen molar-refractivity contribution in [3.63, 3.8) is 0 Å². The van der Waals surface area contributed by atoms with Crippen molar-refractivity contribution in [3.05, 3.63) is 33.8 Å². The number of benzene rings is 1. The van der Waals surface area contributed by atoms with Crippen molar-refractivity contribution in [2.75, 3.05) is 13.1 Å². The lowest BCUT2D eigenvalue weighted by atomic mass is 10.1. The SMILES string of the molecule is Brc1ccc2c(c1)CCC2NC1CCN(C2CC2)C1. The Balaban J connectivity index is 1.42. The number of nitrogens with one attached hydrogen (secondary N) is 1. The van der Waals surface area contributed by atoms with Gasteiger partial charge >= 0.3 is 0 Å². The molecule has 2 unspecified atom stereocenters. The predicted molar refractivity (Wildman–Crippen MR) is 81.3 cm³/mol. The molecular formula is C16H21BrN2. The predicted octanol–water partition coefficient (Wildman–Crippen LogP) is 3.26. The molecule has 2 aliphatic carbocycles. The molecule has 1 N–H and O–H groups in total. The highest BCUT2D eigenvalue weighted by Crippen LogP contribution is 2.35. The molecule has 1 heterocycles. The van der Waals surface area contributed by atoms with E-state index in [1.165, 1.54) is 60.8 Å². The molecular weight excluding hydrogens is 300 g/mol. The fourth-order valence-electron chi connectivity index (χ4n) is 3.74.